The Kier molecular flexibility index (Phi) is 8.40. The van der Waals surface area contributed by atoms with Gasteiger partial charge in [0.25, 0.3) is 5.91 Å². The third kappa shape index (κ3) is 5.85. The maximum atomic E-state index is 13.5. The van der Waals surface area contributed by atoms with Crippen molar-refractivity contribution in [3.8, 4) is 11.1 Å². The highest BCUT2D eigenvalue weighted by atomic mass is 16.6. The number of ether oxygens (including phenoxy) is 2. The van der Waals surface area contributed by atoms with Gasteiger partial charge in [-0.25, -0.2) is 14.5 Å². The summed E-state index contributed by atoms with van der Waals surface area (Å²) in [7, 11) is 1.46. The fraction of sp³-hybridized carbons (Fsp3) is 0.276. The molecule has 0 unspecified atom stereocenters. The van der Waals surface area contributed by atoms with Crippen molar-refractivity contribution in [2.45, 2.75) is 31.6 Å². The summed E-state index contributed by atoms with van der Waals surface area (Å²) in [5.41, 5.74) is 3.50. The number of carbonyl (C=O) groups excluding carboxylic acids is 2. The molecule has 3 aromatic carbocycles. The first-order valence-corrected chi connectivity index (χ1v) is 12.3. The minimum Gasteiger partial charge on any atom is -0.465 e. The van der Waals surface area contributed by atoms with Crippen molar-refractivity contribution in [1.82, 2.24) is 4.90 Å². The van der Waals surface area contributed by atoms with E-state index in [-0.39, 0.29) is 13.2 Å². The lowest BCUT2D eigenvalue weighted by Crippen LogP contribution is -2.48. The van der Waals surface area contributed by atoms with Crippen molar-refractivity contribution in [2.75, 3.05) is 25.2 Å². The molecule has 0 aromatic heterocycles. The van der Waals surface area contributed by atoms with E-state index in [9.17, 15) is 24.6 Å². The molecule has 4 rings (SSSR count). The van der Waals surface area contributed by atoms with Crippen molar-refractivity contribution >= 4 is 23.8 Å². The molecular weight excluding hydrogens is 488 g/mol. The number of anilines is 1. The molecule has 1 saturated heterocycles. The molecule has 1 heterocycles. The van der Waals surface area contributed by atoms with E-state index in [0.29, 0.717) is 17.7 Å². The number of aliphatic hydroxyl groups excluding tert-OH is 1. The van der Waals surface area contributed by atoms with Gasteiger partial charge in [0.05, 0.1) is 6.04 Å². The van der Waals surface area contributed by atoms with Crippen LogP contribution < -0.4 is 4.90 Å². The number of carbonyl (C=O) groups is 3. The summed E-state index contributed by atoms with van der Waals surface area (Å²) in [6.07, 6.45) is -4.03. The van der Waals surface area contributed by atoms with E-state index in [4.69, 9.17) is 9.47 Å². The predicted molar refractivity (Wildman–Crippen MR) is 141 cm³/mol. The molecule has 9 heteroatoms. The number of hydrogen-bond acceptors (Lipinski definition) is 6. The largest absolute Gasteiger partial charge is 0.465 e. The first-order valence-electron chi connectivity index (χ1n) is 12.3. The Morgan fingerprint density at radius 2 is 1.76 bits per heavy atom. The Bertz CT molecular complexity index is 1280. The van der Waals surface area contributed by atoms with Crippen LogP contribution in [0.4, 0.5) is 15.3 Å². The summed E-state index contributed by atoms with van der Waals surface area (Å²) in [5, 5.41) is 20.4. The zero-order chi connectivity index (χ0) is 27.2. The molecule has 1 aliphatic heterocycles. The summed E-state index contributed by atoms with van der Waals surface area (Å²) >= 11 is 0. The van der Waals surface area contributed by atoms with Gasteiger partial charge in [-0.05, 0) is 47.7 Å². The Morgan fingerprint density at radius 1 is 1.05 bits per heavy atom. The van der Waals surface area contributed by atoms with Gasteiger partial charge >= 0.3 is 12.2 Å². The molecule has 0 aliphatic carbocycles. The molecule has 0 radical (unpaired) electrons. The number of rotatable bonds is 9. The van der Waals surface area contributed by atoms with Gasteiger partial charge in [-0.2, -0.15) is 0 Å². The number of imide groups is 1. The zero-order valence-electron chi connectivity index (χ0n) is 21.2. The van der Waals surface area contributed by atoms with E-state index in [1.54, 1.807) is 49.4 Å². The Morgan fingerprint density at radius 3 is 2.42 bits per heavy atom. The van der Waals surface area contributed by atoms with Crippen LogP contribution in [0.25, 0.3) is 11.1 Å². The van der Waals surface area contributed by atoms with Gasteiger partial charge in [-0.1, -0.05) is 66.7 Å². The topological polar surface area (TPSA) is 117 Å². The first kappa shape index (κ1) is 26.8. The number of aliphatic hydroxyl groups is 1. The van der Waals surface area contributed by atoms with Crippen LogP contribution in [0, 0.1) is 0 Å². The fourth-order valence-electron chi connectivity index (χ4n) is 4.43. The molecule has 2 N–H and O–H groups in total. The third-order valence-corrected chi connectivity index (χ3v) is 6.49. The van der Waals surface area contributed by atoms with Gasteiger partial charge in [-0.15, -0.1) is 0 Å². The highest BCUT2D eigenvalue weighted by molar-refractivity contribution is 5.96. The van der Waals surface area contributed by atoms with Crippen LogP contribution in [0.3, 0.4) is 0 Å². The van der Waals surface area contributed by atoms with E-state index in [1.807, 2.05) is 36.4 Å². The summed E-state index contributed by atoms with van der Waals surface area (Å²) in [4.78, 5) is 39.5. The van der Waals surface area contributed by atoms with Gasteiger partial charge in [0.2, 0.25) is 0 Å². The summed E-state index contributed by atoms with van der Waals surface area (Å²) in [5.74, 6) is -0.656. The Hall–Kier alpha value is -4.21. The standard InChI is InChI=1S/C29H30N2O7/c1-3-37-26(27(33)31-24(18-38-29(31)36)16-19-8-5-4-6-9-19)25(32)21-14-12-20(13-15-21)22-10-7-11-23(17-22)30(2)28(34)35/h4-15,17,24-26,32H,3,16,18H2,1-2H3,(H,34,35)/t24-,25+,26-/m0/s1. The number of hydrogen-bond donors (Lipinski definition) is 2. The molecular formula is C29H30N2O7. The summed E-state index contributed by atoms with van der Waals surface area (Å²) in [6, 6.07) is 22.9. The number of nitrogens with zero attached hydrogens (tertiary/aromatic N) is 2. The molecule has 3 aromatic rings. The maximum Gasteiger partial charge on any atom is 0.417 e. The molecule has 3 atom stereocenters. The third-order valence-electron chi connectivity index (χ3n) is 6.49. The van der Waals surface area contributed by atoms with Crippen LogP contribution in [0.15, 0.2) is 78.9 Å². The lowest BCUT2D eigenvalue weighted by Gasteiger charge is -2.28. The molecule has 3 amide bonds. The average Bonchev–Trinajstić information content (AvgIpc) is 3.30. The van der Waals surface area contributed by atoms with Crippen molar-refractivity contribution in [3.05, 3.63) is 90.0 Å². The number of cyclic esters (lactones) is 1. The number of benzene rings is 3. The van der Waals surface area contributed by atoms with Crippen molar-refractivity contribution in [2.24, 2.45) is 0 Å². The second kappa shape index (κ2) is 11.9. The van der Waals surface area contributed by atoms with E-state index in [2.05, 4.69) is 0 Å². The molecule has 1 fully saturated rings. The molecule has 1 aliphatic rings. The molecule has 38 heavy (non-hydrogen) atoms. The highest BCUT2D eigenvalue weighted by Gasteiger charge is 2.43. The van der Waals surface area contributed by atoms with Crippen LogP contribution in [0.1, 0.15) is 24.2 Å². The Balaban J connectivity index is 1.53. The number of amides is 3. The monoisotopic (exact) mass is 518 g/mol. The second-order valence-corrected chi connectivity index (χ2v) is 8.96. The van der Waals surface area contributed by atoms with Gasteiger partial charge in [0.1, 0.15) is 12.7 Å². The molecule has 0 bridgehead atoms. The second-order valence-electron chi connectivity index (χ2n) is 8.96. The molecule has 0 saturated carbocycles. The van der Waals surface area contributed by atoms with Crippen molar-refractivity contribution in [1.29, 1.82) is 0 Å². The predicted octanol–water partition coefficient (Wildman–Crippen LogP) is 4.50. The minimum atomic E-state index is -1.33. The van der Waals surface area contributed by atoms with Crippen LogP contribution in [0.5, 0.6) is 0 Å². The molecule has 0 spiro atoms. The fourth-order valence-corrected chi connectivity index (χ4v) is 4.43. The SMILES string of the molecule is CCO[C@H](C(=O)N1C(=O)OC[C@@H]1Cc1ccccc1)[C@H](O)c1ccc(-c2cccc(N(C)C(=O)O)c2)cc1. The Labute approximate surface area is 220 Å². The van der Waals surface area contributed by atoms with E-state index >= 15 is 0 Å². The summed E-state index contributed by atoms with van der Waals surface area (Å²) < 4.78 is 10.8. The highest BCUT2D eigenvalue weighted by Crippen LogP contribution is 2.29. The summed E-state index contributed by atoms with van der Waals surface area (Å²) in [6.45, 7) is 1.93. The number of carboxylic acid groups (broad SMARTS) is 1. The van der Waals surface area contributed by atoms with Crippen LogP contribution in [-0.4, -0.2) is 65.6 Å². The van der Waals surface area contributed by atoms with E-state index < -0.39 is 36.3 Å². The quantitative estimate of drug-likeness (QED) is 0.429. The molecule has 198 valence electrons. The minimum absolute atomic E-state index is 0.0687. The lowest BCUT2D eigenvalue weighted by molar-refractivity contribution is -0.149. The maximum absolute atomic E-state index is 13.5. The van der Waals surface area contributed by atoms with Crippen molar-refractivity contribution < 1.29 is 34.1 Å². The zero-order valence-corrected chi connectivity index (χ0v) is 21.2. The van der Waals surface area contributed by atoms with Gasteiger partial charge in [0.15, 0.2) is 6.10 Å². The lowest BCUT2D eigenvalue weighted by atomic mass is 9.98. The van der Waals surface area contributed by atoms with E-state index in [1.165, 1.54) is 7.05 Å². The van der Waals surface area contributed by atoms with Gasteiger partial charge in [0, 0.05) is 19.3 Å². The van der Waals surface area contributed by atoms with Crippen LogP contribution in [0.2, 0.25) is 0 Å². The van der Waals surface area contributed by atoms with Crippen LogP contribution in [-0.2, 0) is 20.7 Å². The van der Waals surface area contributed by atoms with Gasteiger partial charge < -0.3 is 19.7 Å². The normalized spacial score (nSPS) is 16.6. The first-order chi connectivity index (χ1) is 18.3. The smallest absolute Gasteiger partial charge is 0.417 e. The van der Waals surface area contributed by atoms with E-state index in [0.717, 1.165) is 26.5 Å². The van der Waals surface area contributed by atoms with Crippen LogP contribution >= 0.6 is 0 Å². The molecule has 9 nitrogen and oxygen atoms in total. The van der Waals surface area contributed by atoms with Crippen molar-refractivity contribution in [3.63, 3.8) is 0 Å². The van der Waals surface area contributed by atoms with Gasteiger partial charge in [-0.3, -0.25) is 9.69 Å². The average molecular weight is 519 g/mol.